The highest BCUT2D eigenvalue weighted by Crippen LogP contribution is 2.24. The molecule has 1 aliphatic heterocycles. The molecule has 7 heteroatoms. The van der Waals surface area contributed by atoms with E-state index in [0.717, 1.165) is 30.0 Å². The van der Waals surface area contributed by atoms with Gasteiger partial charge in [-0.1, -0.05) is 24.3 Å². The van der Waals surface area contributed by atoms with Gasteiger partial charge in [-0.25, -0.2) is 4.98 Å². The smallest absolute Gasteiger partial charge is 0.276 e. The molecule has 0 unspecified atom stereocenters. The van der Waals surface area contributed by atoms with Crippen molar-refractivity contribution in [3.63, 3.8) is 0 Å². The van der Waals surface area contributed by atoms with Crippen molar-refractivity contribution in [1.82, 2.24) is 9.55 Å². The van der Waals surface area contributed by atoms with Crippen LogP contribution in [0.4, 0.5) is 11.4 Å². The molecule has 0 saturated carbocycles. The predicted molar refractivity (Wildman–Crippen MR) is 111 cm³/mol. The number of benzene rings is 2. The standard InChI is InChI=1S/C22H20N4O3/c27-22(13-10-17-5-1-2-6-20(17)26(28)29)23-18-11-8-16(9-12-18)19-15-25-14-4-3-7-21(25)24-19/h1-2,5-6,8-13,15H,3-4,7,14H2,(H,23,27)/b13-10+. The van der Waals surface area contributed by atoms with Gasteiger partial charge in [-0.2, -0.15) is 0 Å². The zero-order valence-corrected chi connectivity index (χ0v) is 15.7. The van der Waals surface area contributed by atoms with Crippen LogP contribution >= 0.6 is 0 Å². The summed E-state index contributed by atoms with van der Waals surface area (Å²) in [5, 5.41) is 13.8. The molecule has 146 valence electrons. The number of anilines is 1. The number of hydrogen-bond acceptors (Lipinski definition) is 4. The van der Waals surface area contributed by atoms with Gasteiger partial charge in [0.1, 0.15) is 5.82 Å². The summed E-state index contributed by atoms with van der Waals surface area (Å²) in [5.41, 5.74) is 2.93. The van der Waals surface area contributed by atoms with Crippen LogP contribution in [-0.2, 0) is 17.8 Å². The second-order valence-electron chi connectivity index (χ2n) is 6.91. The van der Waals surface area contributed by atoms with E-state index in [4.69, 9.17) is 4.98 Å². The zero-order chi connectivity index (χ0) is 20.2. The van der Waals surface area contributed by atoms with Crippen LogP contribution in [0, 0.1) is 10.1 Å². The maximum Gasteiger partial charge on any atom is 0.276 e. The first-order chi connectivity index (χ1) is 14.1. The van der Waals surface area contributed by atoms with Gasteiger partial charge in [-0.15, -0.1) is 0 Å². The SMILES string of the molecule is O=C(/C=C/c1ccccc1[N+](=O)[O-])Nc1ccc(-c2cn3c(n2)CCCC3)cc1. The van der Waals surface area contributed by atoms with Crippen LogP contribution in [0.3, 0.4) is 0 Å². The lowest BCUT2D eigenvalue weighted by Crippen LogP contribution is -2.08. The molecule has 2 heterocycles. The third-order valence-electron chi connectivity index (χ3n) is 4.90. The van der Waals surface area contributed by atoms with Gasteiger partial charge in [-0.05, 0) is 37.1 Å². The second kappa shape index (κ2) is 8.10. The molecule has 2 aromatic carbocycles. The molecule has 0 radical (unpaired) electrons. The Bertz CT molecular complexity index is 1060. The molecule has 3 aromatic rings. The van der Waals surface area contributed by atoms with Crippen molar-refractivity contribution in [2.45, 2.75) is 25.8 Å². The molecule has 0 saturated heterocycles. The minimum atomic E-state index is -0.468. The molecule has 0 aliphatic carbocycles. The first-order valence-electron chi connectivity index (χ1n) is 9.49. The molecule has 0 bridgehead atoms. The molecule has 4 rings (SSSR count). The Hall–Kier alpha value is -3.74. The molecule has 1 amide bonds. The van der Waals surface area contributed by atoms with E-state index in [0.29, 0.717) is 11.3 Å². The lowest BCUT2D eigenvalue weighted by atomic mass is 10.1. The van der Waals surface area contributed by atoms with Gasteiger partial charge in [0.25, 0.3) is 5.69 Å². The lowest BCUT2D eigenvalue weighted by molar-refractivity contribution is -0.385. The first-order valence-corrected chi connectivity index (χ1v) is 9.49. The summed E-state index contributed by atoms with van der Waals surface area (Å²) < 4.78 is 2.21. The van der Waals surface area contributed by atoms with Crippen LogP contribution in [0.2, 0.25) is 0 Å². The summed E-state index contributed by atoms with van der Waals surface area (Å²) in [6.07, 6.45) is 8.20. The number of imidazole rings is 1. The summed E-state index contributed by atoms with van der Waals surface area (Å²) in [5.74, 6) is 0.775. The fraction of sp³-hybridized carbons (Fsp3) is 0.182. The van der Waals surface area contributed by atoms with E-state index in [2.05, 4.69) is 16.1 Å². The zero-order valence-electron chi connectivity index (χ0n) is 15.7. The number of nitrogens with zero attached hydrogens (tertiary/aromatic N) is 3. The molecular weight excluding hydrogens is 368 g/mol. The van der Waals surface area contributed by atoms with Crippen LogP contribution in [0.5, 0.6) is 0 Å². The Morgan fingerprint density at radius 2 is 1.93 bits per heavy atom. The maximum atomic E-state index is 12.2. The summed E-state index contributed by atoms with van der Waals surface area (Å²) in [6, 6.07) is 13.8. The van der Waals surface area contributed by atoms with Gasteiger partial charge in [0.15, 0.2) is 0 Å². The van der Waals surface area contributed by atoms with Gasteiger partial charge in [0.05, 0.1) is 16.2 Å². The molecule has 1 aliphatic rings. The minimum absolute atomic E-state index is 0.0383. The fourth-order valence-electron chi connectivity index (χ4n) is 3.42. The van der Waals surface area contributed by atoms with Crippen molar-refractivity contribution in [2.75, 3.05) is 5.32 Å². The highest BCUT2D eigenvalue weighted by Gasteiger charge is 2.13. The number of amides is 1. The van der Waals surface area contributed by atoms with Crippen molar-refractivity contribution in [2.24, 2.45) is 0 Å². The Morgan fingerprint density at radius 3 is 2.69 bits per heavy atom. The molecule has 29 heavy (non-hydrogen) atoms. The molecule has 1 aromatic heterocycles. The third kappa shape index (κ3) is 4.24. The monoisotopic (exact) mass is 388 g/mol. The van der Waals surface area contributed by atoms with Gasteiger partial charge in [0, 0.05) is 42.6 Å². The summed E-state index contributed by atoms with van der Waals surface area (Å²) in [4.78, 5) is 27.4. The van der Waals surface area contributed by atoms with Gasteiger partial charge in [-0.3, -0.25) is 14.9 Å². The number of fused-ring (bicyclic) bond motifs is 1. The quantitative estimate of drug-likeness (QED) is 0.397. The Morgan fingerprint density at radius 1 is 1.14 bits per heavy atom. The van der Waals surface area contributed by atoms with Gasteiger partial charge in [0.2, 0.25) is 5.91 Å². The number of nitro groups is 1. The molecule has 0 spiro atoms. The number of aromatic nitrogens is 2. The minimum Gasteiger partial charge on any atom is -0.334 e. The van der Waals surface area contributed by atoms with Gasteiger partial charge < -0.3 is 9.88 Å². The van der Waals surface area contributed by atoms with Crippen molar-refractivity contribution in [1.29, 1.82) is 0 Å². The Kier molecular flexibility index (Phi) is 5.20. The number of carbonyl (C=O) groups excluding carboxylic acids is 1. The van der Waals surface area contributed by atoms with Crippen molar-refractivity contribution in [3.05, 3.63) is 82.3 Å². The molecule has 7 nitrogen and oxygen atoms in total. The number of aryl methyl sites for hydroxylation is 2. The normalized spacial score (nSPS) is 13.2. The van der Waals surface area contributed by atoms with E-state index in [9.17, 15) is 14.9 Å². The van der Waals surface area contributed by atoms with Crippen LogP contribution in [-0.4, -0.2) is 20.4 Å². The largest absolute Gasteiger partial charge is 0.334 e. The molecule has 0 fully saturated rings. The van der Waals surface area contributed by atoms with Gasteiger partial charge >= 0.3 is 0 Å². The third-order valence-corrected chi connectivity index (χ3v) is 4.90. The van der Waals surface area contributed by atoms with E-state index in [1.807, 2.05) is 24.3 Å². The number of nitro benzene ring substituents is 1. The van der Waals surface area contributed by atoms with E-state index in [-0.39, 0.29) is 11.6 Å². The van der Waals surface area contributed by atoms with Crippen LogP contribution in [0.15, 0.2) is 60.8 Å². The van der Waals surface area contributed by atoms with E-state index >= 15 is 0 Å². The maximum absolute atomic E-state index is 12.2. The second-order valence-corrected chi connectivity index (χ2v) is 6.91. The van der Waals surface area contributed by atoms with Crippen LogP contribution in [0.25, 0.3) is 17.3 Å². The predicted octanol–water partition coefficient (Wildman–Crippen LogP) is 4.45. The molecule has 1 N–H and O–H groups in total. The highest BCUT2D eigenvalue weighted by atomic mass is 16.6. The number of carbonyl (C=O) groups is 1. The number of nitrogens with one attached hydrogen (secondary N) is 1. The Balaban J connectivity index is 1.43. The van der Waals surface area contributed by atoms with Crippen molar-refractivity contribution in [3.8, 4) is 11.3 Å². The van der Waals surface area contributed by atoms with E-state index in [1.165, 1.54) is 31.1 Å². The van der Waals surface area contributed by atoms with Crippen LogP contribution in [0.1, 0.15) is 24.2 Å². The van der Waals surface area contributed by atoms with E-state index < -0.39 is 4.92 Å². The average Bonchev–Trinajstić information content (AvgIpc) is 3.17. The Labute approximate surface area is 167 Å². The molecule has 0 atom stereocenters. The lowest BCUT2D eigenvalue weighted by Gasteiger charge is -2.11. The summed E-state index contributed by atoms with van der Waals surface area (Å²) >= 11 is 0. The summed E-state index contributed by atoms with van der Waals surface area (Å²) in [6.45, 7) is 1.02. The molecular formula is C22H20N4O3. The fourth-order valence-corrected chi connectivity index (χ4v) is 3.42. The van der Waals surface area contributed by atoms with Crippen molar-refractivity contribution >= 4 is 23.4 Å². The number of hydrogen-bond donors (Lipinski definition) is 1. The number of para-hydroxylation sites is 1. The van der Waals surface area contributed by atoms with E-state index in [1.54, 1.807) is 18.2 Å². The van der Waals surface area contributed by atoms with Crippen LogP contribution < -0.4 is 5.32 Å². The summed E-state index contributed by atoms with van der Waals surface area (Å²) in [7, 11) is 0. The number of rotatable bonds is 5. The average molecular weight is 388 g/mol. The topological polar surface area (TPSA) is 90.1 Å². The highest BCUT2D eigenvalue weighted by molar-refractivity contribution is 6.02. The van der Waals surface area contributed by atoms with Crippen molar-refractivity contribution < 1.29 is 9.72 Å². The first kappa shape index (κ1) is 18.6.